The summed E-state index contributed by atoms with van der Waals surface area (Å²) in [4.78, 5) is 14.5. The summed E-state index contributed by atoms with van der Waals surface area (Å²) in [6.45, 7) is 4.00. The minimum atomic E-state index is -3.46. The molecular formula is C18H30N4O3S. The molecule has 146 valence electrons. The molecule has 0 aliphatic carbocycles. The predicted molar refractivity (Wildman–Crippen MR) is 104 cm³/mol. The van der Waals surface area contributed by atoms with E-state index < -0.39 is 10.2 Å². The summed E-state index contributed by atoms with van der Waals surface area (Å²) in [5.41, 5.74) is 2.32. The van der Waals surface area contributed by atoms with E-state index in [0.29, 0.717) is 26.1 Å². The fraction of sp³-hybridized carbons (Fsp3) is 0.611. The van der Waals surface area contributed by atoms with Gasteiger partial charge in [0.1, 0.15) is 0 Å². The number of benzene rings is 1. The molecule has 0 aromatic heterocycles. The van der Waals surface area contributed by atoms with E-state index in [9.17, 15) is 13.2 Å². The third kappa shape index (κ3) is 5.18. The number of rotatable bonds is 7. The van der Waals surface area contributed by atoms with Crippen LogP contribution < -0.4 is 10.2 Å². The molecule has 0 bridgehead atoms. The molecule has 2 rings (SSSR count). The van der Waals surface area contributed by atoms with Crippen LogP contribution in [0.25, 0.3) is 0 Å². The monoisotopic (exact) mass is 382 g/mol. The highest BCUT2D eigenvalue weighted by molar-refractivity contribution is 7.86. The number of carbonyl (C=O) groups is 1. The van der Waals surface area contributed by atoms with Crippen LogP contribution >= 0.6 is 0 Å². The van der Waals surface area contributed by atoms with Crippen LogP contribution in [0.15, 0.2) is 24.3 Å². The van der Waals surface area contributed by atoms with Crippen LogP contribution in [0, 0.1) is 12.8 Å². The van der Waals surface area contributed by atoms with Gasteiger partial charge in [0.25, 0.3) is 10.2 Å². The smallest absolute Gasteiger partial charge is 0.281 e. The van der Waals surface area contributed by atoms with Crippen LogP contribution in [-0.2, 0) is 15.0 Å². The van der Waals surface area contributed by atoms with E-state index in [0.717, 1.165) is 12.1 Å². The predicted octanol–water partition coefficient (Wildman–Crippen LogP) is 1.07. The first kappa shape index (κ1) is 20.7. The zero-order valence-corrected chi connectivity index (χ0v) is 16.9. The van der Waals surface area contributed by atoms with E-state index in [-0.39, 0.29) is 18.4 Å². The molecule has 8 heteroatoms. The molecule has 1 N–H and O–H groups in total. The van der Waals surface area contributed by atoms with Crippen LogP contribution in [-0.4, -0.2) is 70.3 Å². The maximum Gasteiger partial charge on any atom is 0.281 e. The van der Waals surface area contributed by atoms with Crippen molar-refractivity contribution < 1.29 is 13.2 Å². The second-order valence-electron chi connectivity index (χ2n) is 7.04. The lowest BCUT2D eigenvalue weighted by Crippen LogP contribution is -2.49. The van der Waals surface area contributed by atoms with Crippen LogP contribution in [0.1, 0.15) is 18.4 Å². The van der Waals surface area contributed by atoms with Gasteiger partial charge in [-0.3, -0.25) is 4.79 Å². The summed E-state index contributed by atoms with van der Waals surface area (Å²) >= 11 is 0. The Hall–Kier alpha value is -1.64. The molecular weight excluding hydrogens is 352 g/mol. The first-order valence-corrected chi connectivity index (χ1v) is 10.3. The highest BCUT2D eigenvalue weighted by atomic mass is 32.2. The molecule has 1 aromatic carbocycles. The second-order valence-corrected chi connectivity index (χ2v) is 9.18. The van der Waals surface area contributed by atoms with E-state index in [4.69, 9.17) is 0 Å². The molecule has 1 unspecified atom stereocenters. The first-order valence-electron chi connectivity index (χ1n) is 8.95. The quantitative estimate of drug-likeness (QED) is 0.766. The molecule has 26 heavy (non-hydrogen) atoms. The zero-order chi connectivity index (χ0) is 19.3. The van der Waals surface area contributed by atoms with Gasteiger partial charge in [0, 0.05) is 53.0 Å². The Labute approximate surface area is 157 Å². The normalized spacial score (nSPS) is 18.7. The van der Waals surface area contributed by atoms with Gasteiger partial charge in [-0.2, -0.15) is 17.0 Å². The Bertz CT molecular complexity index is 704. The van der Waals surface area contributed by atoms with E-state index in [1.807, 2.05) is 14.0 Å². The minimum Gasteiger partial charge on any atom is -0.373 e. The molecule has 1 fully saturated rings. The van der Waals surface area contributed by atoms with Gasteiger partial charge in [0.15, 0.2) is 0 Å². The molecule has 1 aromatic rings. The Morgan fingerprint density at radius 2 is 1.88 bits per heavy atom. The number of nitrogens with one attached hydrogen (secondary N) is 1. The summed E-state index contributed by atoms with van der Waals surface area (Å²) in [6, 6.07) is 8.24. The number of piperidine rings is 1. The van der Waals surface area contributed by atoms with Gasteiger partial charge in [-0.15, -0.1) is 0 Å². The van der Waals surface area contributed by atoms with E-state index in [2.05, 4.69) is 34.5 Å². The average Bonchev–Trinajstić information content (AvgIpc) is 2.62. The summed E-state index contributed by atoms with van der Waals surface area (Å²) in [5.74, 6) is -0.357. The van der Waals surface area contributed by atoms with E-state index in [1.54, 1.807) is 0 Å². The number of carbonyl (C=O) groups excluding carboxylic acids is 1. The molecule has 1 atom stereocenters. The number of amides is 1. The molecule has 1 heterocycles. The lowest BCUT2D eigenvalue weighted by molar-refractivity contribution is -0.126. The van der Waals surface area contributed by atoms with Crippen LogP contribution in [0.4, 0.5) is 5.69 Å². The number of hydrogen-bond acceptors (Lipinski definition) is 4. The maximum absolute atomic E-state index is 12.4. The largest absolute Gasteiger partial charge is 0.373 e. The van der Waals surface area contributed by atoms with Gasteiger partial charge in [0.05, 0.1) is 5.92 Å². The lowest BCUT2D eigenvalue weighted by Gasteiger charge is -2.32. The molecule has 1 aliphatic heterocycles. The Morgan fingerprint density at radius 1 is 1.23 bits per heavy atom. The van der Waals surface area contributed by atoms with Crippen molar-refractivity contribution in [1.82, 2.24) is 13.9 Å². The third-order valence-corrected chi connectivity index (χ3v) is 6.67. The minimum absolute atomic E-state index is 0.0686. The van der Waals surface area contributed by atoms with Crippen LogP contribution in [0.5, 0.6) is 0 Å². The molecule has 0 radical (unpaired) electrons. The zero-order valence-electron chi connectivity index (χ0n) is 16.1. The number of nitrogens with zero attached hydrogens (tertiary/aromatic N) is 3. The standard InChI is InChI=1S/C18H30N4O3S/c1-15-7-9-17(10-8-15)21(4)13-11-19-18(23)16-6-5-12-22(14-16)26(24,25)20(2)3/h7-10,16H,5-6,11-14H2,1-4H3,(H,19,23). The average molecular weight is 383 g/mol. The highest BCUT2D eigenvalue weighted by Gasteiger charge is 2.33. The number of aryl methyl sites for hydroxylation is 1. The first-order chi connectivity index (χ1) is 12.2. The maximum atomic E-state index is 12.4. The second kappa shape index (κ2) is 8.83. The topological polar surface area (TPSA) is 73.0 Å². The molecule has 0 saturated carbocycles. The van der Waals surface area contributed by atoms with Gasteiger partial charge >= 0.3 is 0 Å². The molecule has 1 amide bonds. The SMILES string of the molecule is Cc1ccc(N(C)CCNC(=O)C2CCCN(S(=O)(=O)N(C)C)C2)cc1. The Kier molecular flexibility index (Phi) is 7.02. The van der Waals surface area contributed by atoms with Crippen molar-refractivity contribution in [3.05, 3.63) is 29.8 Å². The Morgan fingerprint density at radius 3 is 2.50 bits per heavy atom. The number of likely N-dealkylation sites (N-methyl/N-ethyl adjacent to an activating group) is 1. The molecule has 1 aliphatic rings. The molecule has 7 nitrogen and oxygen atoms in total. The van der Waals surface area contributed by atoms with Crippen molar-refractivity contribution in [3.63, 3.8) is 0 Å². The van der Waals surface area contributed by atoms with E-state index in [1.165, 1.54) is 28.3 Å². The van der Waals surface area contributed by atoms with Gasteiger partial charge in [-0.05, 0) is 31.9 Å². The van der Waals surface area contributed by atoms with Gasteiger partial charge in [-0.25, -0.2) is 0 Å². The van der Waals surface area contributed by atoms with Crippen molar-refractivity contribution in [3.8, 4) is 0 Å². The lowest BCUT2D eigenvalue weighted by atomic mass is 9.99. The van der Waals surface area contributed by atoms with E-state index >= 15 is 0 Å². The fourth-order valence-electron chi connectivity index (χ4n) is 3.02. The summed E-state index contributed by atoms with van der Waals surface area (Å²) in [7, 11) is 1.56. The number of anilines is 1. The van der Waals surface area contributed by atoms with Crippen molar-refractivity contribution in [1.29, 1.82) is 0 Å². The van der Waals surface area contributed by atoms with Crippen LogP contribution in [0.3, 0.4) is 0 Å². The van der Waals surface area contributed by atoms with Crippen molar-refractivity contribution in [2.75, 3.05) is 52.2 Å². The fourth-order valence-corrected chi connectivity index (χ4v) is 4.21. The summed E-state index contributed by atoms with van der Waals surface area (Å²) in [5, 5.41) is 2.95. The van der Waals surface area contributed by atoms with Crippen LogP contribution in [0.2, 0.25) is 0 Å². The highest BCUT2D eigenvalue weighted by Crippen LogP contribution is 2.20. The number of hydrogen-bond donors (Lipinski definition) is 1. The summed E-state index contributed by atoms with van der Waals surface area (Å²) < 4.78 is 27.1. The third-order valence-electron chi connectivity index (χ3n) is 4.76. The Balaban J connectivity index is 1.83. The molecule has 1 saturated heterocycles. The molecule has 0 spiro atoms. The van der Waals surface area contributed by atoms with Crippen molar-refractivity contribution >= 4 is 21.8 Å². The van der Waals surface area contributed by atoms with Crippen molar-refractivity contribution in [2.45, 2.75) is 19.8 Å². The van der Waals surface area contributed by atoms with Gasteiger partial charge < -0.3 is 10.2 Å². The summed E-state index contributed by atoms with van der Waals surface area (Å²) in [6.07, 6.45) is 1.42. The van der Waals surface area contributed by atoms with Gasteiger partial charge in [0.2, 0.25) is 5.91 Å². The van der Waals surface area contributed by atoms with Crippen molar-refractivity contribution in [2.24, 2.45) is 5.92 Å². The van der Waals surface area contributed by atoms with Gasteiger partial charge in [-0.1, -0.05) is 17.7 Å².